The molecule has 0 saturated heterocycles. The fraction of sp³-hybridized carbons (Fsp3) is 0.500. The molecule has 0 fully saturated rings. The minimum absolute atomic E-state index is 0. The van der Waals surface area contributed by atoms with Gasteiger partial charge < -0.3 is 4.79 Å². The molecular weight excluding hydrogens is 119 g/mol. The molecule has 1 rings (SSSR count). The Kier molecular flexibility index (Phi) is 4.60. The van der Waals surface area contributed by atoms with Crippen molar-refractivity contribution in [2.45, 2.75) is 25.7 Å². The number of Topliss-reactive ketones (excluding diaryl/α,β-unsaturated/α-hetero) is 1. The number of carbonyl (C=O) groups excluding carboxylic acids is 1. The molecule has 0 unspecified atom stereocenters. The van der Waals surface area contributed by atoms with Gasteiger partial charge in [-0.2, -0.15) is 18.6 Å². The first-order valence-corrected chi connectivity index (χ1v) is 3.36. The van der Waals surface area contributed by atoms with Crippen molar-refractivity contribution >= 4 is 5.78 Å². The summed E-state index contributed by atoms with van der Waals surface area (Å²) in [6.07, 6.45) is 6.42. The van der Waals surface area contributed by atoms with Gasteiger partial charge in [-0.15, -0.1) is 0 Å². The van der Waals surface area contributed by atoms with Crippen molar-refractivity contribution in [3.05, 3.63) is 18.6 Å². The summed E-state index contributed by atoms with van der Waals surface area (Å²) in [5.41, 5.74) is 0.932. The average Bonchev–Trinajstić information content (AvgIpc) is 1.90. The van der Waals surface area contributed by atoms with Crippen molar-refractivity contribution in [2.24, 2.45) is 0 Å². The molecule has 0 saturated carbocycles. The minimum Gasteiger partial charge on any atom is -0.332 e. The zero-order valence-electron chi connectivity index (χ0n) is 6.52. The van der Waals surface area contributed by atoms with Gasteiger partial charge in [0.05, 0.1) is 0 Å². The number of carbonyl (C=O) groups is 1. The van der Waals surface area contributed by atoms with Crippen LogP contribution in [0, 0.1) is 6.92 Å². The molecule has 0 heterocycles. The van der Waals surface area contributed by atoms with Crippen molar-refractivity contribution in [1.82, 2.24) is 0 Å². The van der Waals surface area contributed by atoms with Crippen molar-refractivity contribution in [3.63, 3.8) is 0 Å². The molecule has 0 spiro atoms. The Hall–Kier alpha value is -0.123. The van der Waals surface area contributed by atoms with E-state index in [0.29, 0.717) is 0 Å². The third-order valence-corrected chi connectivity index (χ3v) is 1.65. The molecule has 0 N–H and O–H groups in total. The first-order valence-electron chi connectivity index (χ1n) is 3.36. The van der Waals surface area contributed by atoms with Gasteiger partial charge in [0, 0.05) is 5.78 Å². The SMILES string of the molecule is [CH2-]C(=O)C1=CCCCC1.[Li+]. The molecule has 1 aliphatic rings. The fourth-order valence-electron chi connectivity index (χ4n) is 1.09. The van der Waals surface area contributed by atoms with Crippen LogP contribution in [0.1, 0.15) is 25.7 Å². The molecule has 0 aromatic heterocycles. The van der Waals surface area contributed by atoms with E-state index in [1.807, 2.05) is 6.08 Å². The Morgan fingerprint density at radius 3 is 2.50 bits per heavy atom. The van der Waals surface area contributed by atoms with Crippen LogP contribution in [-0.4, -0.2) is 5.78 Å². The quantitative estimate of drug-likeness (QED) is 0.325. The van der Waals surface area contributed by atoms with E-state index in [0.717, 1.165) is 24.8 Å². The van der Waals surface area contributed by atoms with Crippen LogP contribution >= 0.6 is 0 Å². The van der Waals surface area contributed by atoms with Gasteiger partial charge in [0.15, 0.2) is 0 Å². The molecule has 50 valence electrons. The Morgan fingerprint density at radius 1 is 1.50 bits per heavy atom. The van der Waals surface area contributed by atoms with Crippen LogP contribution in [0.3, 0.4) is 0 Å². The molecule has 1 nitrogen and oxygen atoms in total. The maximum Gasteiger partial charge on any atom is 1.00 e. The predicted molar refractivity (Wildman–Crippen MR) is 36.9 cm³/mol. The van der Waals surface area contributed by atoms with Crippen LogP contribution in [0.15, 0.2) is 11.6 Å². The van der Waals surface area contributed by atoms with E-state index in [9.17, 15) is 4.79 Å². The van der Waals surface area contributed by atoms with E-state index < -0.39 is 0 Å². The van der Waals surface area contributed by atoms with Crippen molar-refractivity contribution < 1.29 is 23.7 Å². The van der Waals surface area contributed by atoms with Gasteiger partial charge in [-0.1, -0.05) is 25.7 Å². The summed E-state index contributed by atoms with van der Waals surface area (Å²) in [7, 11) is 0. The Morgan fingerprint density at radius 2 is 2.20 bits per heavy atom. The molecule has 10 heavy (non-hydrogen) atoms. The zero-order chi connectivity index (χ0) is 6.69. The Balaban J connectivity index is 0.000000810. The van der Waals surface area contributed by atoms with Crippen LogP contribution in [0.25, 0.3) is 0 Å². The van der Waals surface area contributed by atoms with Crippen molar-refractivity contribution in [3.8, 4) is 0 Å². The summed E-state index contributed by atoms with van der Waals surface area (Å²) in [6, 6.07) is 0. The third kappa shape index (κ3) is 2.64. The maximum atomic E-state index is 10.6. The van der Waals surface area contributed by atoms with E-state index in [4.69, 9.17) is 0 Å². The smallest absolute Gasteiger partial charge is 0.332 e. The maximum absolute atomic E-state index is 10.6. The first-order chi connectivity index (χ1) is 4.30. The van der Waals surface area contributed by atoms with Crippen molar-refractivity contribution in [1.29, 1.82) is 0 Å². The molecule has 0 bridgehead atoms. The van der Waals surface area contributed by atoms with Gasteiger partial charge in [-0.25, -0.2) is 0 Å². The average molecular weight is 130 g/mol. The Bertz CT molecular complexity index is 149. The standard InChI is InChI=1S/C8H11O.Li/c1-7(9)8-5-3-2-4-6-8;/h5H,1-4,6H2;/q-1;+1. The van der Waals surface area contributed by atoms with Gasteiger partial charge in [0.25, 0.3) is 0 Å². The monoisotopic (exact) mass is 130 g/mol. The van der Waals surface area contributed by atoms with E-state index in [1.54, 1.807) is 0 Å². The molecule has 0 amide bonds. The van der Waals surface area contributed by atoms with Gasteiger partial charge in [-0.3, -0.25) is 0 Å². The molecule has 0 atom stereocenters. The molecule has 0 radical (unpaired) electrons. The van der Waals surface area contributed by atoms with Crippen LogP contribution in [-0.2, 0) is 4.79 Å². The number of allylic oxidation sites excluding steroid dienone is 2. The Labute approximate surface area is 74.1 Å². The number of rotatable bonds is 1. The number of hydrogen-bond acceptors (Lipinski definition) is 1. The first kappa shape index (κ1) is 9.88. The number of ketones is 1. The van der Waals surface area contributed by atoms with Crippen LogP contribution in [0.4, 0.5) is 0 Å². The summed E-state index contributed by atoms with van der Waals surface area (Å²) in [4.78, 5) is 10.6. The second-order valence-corrected chi connectivity index (χ2v) is 2.40. The van der Waals surface area contributed by atoms with Crippen molar-refractivity contribution in [2.75, 3.05) is 0 Å². The van der Waals surface area contributed by atoms with E-state index >= 15 is 0 Å². The van der Waals surface area contributed by atoms with E-state index in [2.05, 4.69) is 6.92 Å². The minimum atomic E-state index is 0. The van der Waals surface area contributed by atoms with Gasteiger partial charge in [-0.05, 0) is 0 Å². The fourth-order valence-corrected chi connectivity index (χ4v) is 1.09. The zero-order valence-corrected chi connectivity index (χ0v) is 6.52. The molecule has 1 aliphatic carbocycles. The predicted octanol–water partition coefficient (Wildman–Crippen LogP) is -1.11. The number of hydrogen-bond donors (Lipinski definition) is 0. The molecule has 0 aliphatic heterocycles. The molecule has 2 heteroatoms. The van der Waals surface area contributed by atoms with Gasteiger partial charge in [0.2, 0.25) is 0 Å². The largest absolute Gasteiger partial charge is 1.00 e. The van der Waals surface area contributed by atoms with E-state index in [1.165, 1.54) is 6.42 Å². The summed E-state index contributed by atoms with van der Waals surface area (Å²) >= 11 is 0. The molecule has 0 aromatic rings. The van der Waals surface area contributed by atoms with Gasteiger partial charge in [0.1, 0.15) is 0 Å². The van der Waals surface area contributed by atoms with E-state index in [-0.39, 0.29) is 24.6 Å². The summed E-state index contributed by atoms with van der Waals surface area (Å²) in [6.45, 7) is 3.35. The normalized spacial score (nSPS) is 17.0. The summed E-state index contributed by atoms with van der Waals surface area (Å²) < 4.78 is 0. The molecular formula is C8H11LiO. The van der Waals surface area contributed by atoms with Crippen LogP contribution in [0.5, 0.6) is 0 Å². The molecule has 0 aromatic carbocycles. The second-order valence-electron chi connectivity index (χ2n) is 2.40. The van der Waals surface area contributed by atoms with Gasteiger partial charge >= 0.3 is 18.9 Å². The van der Waals surface area contributed by atoms with Crippen LogP contribution < -0.4 is 18.9 Å². The summed E-state index contributed by atoms with van der Waals surface area (Å²) in [5.74, 6) is 0.00898. The second kappa shape index (κ2) is 4.66. The summed E-state index contributed by atoms with van der Waals surface area (Å²) in [5, 5.41) is 0. The topological polar surface area (TPSA) is 17.1 Å². The third-order valence-electron chi connectivity index (χ3n) is 1.65. The van der Waals surface area contributed by atoms with Crippen LogP contribution in [0.2, 0.25) is 0 Å².